The van der Waals surface area contributed by atoms with Crippen molar-refractivity contribution in [2.45, 2.75) is 19.4 Å². The number of nitrogens with zero attached hydrogens (tertiary/aromatic N) is 2. The quantitative estimate of drug-likeness (QED) is 0.214. The first-order valence-electron chi connectivity index (χ1n) is 10.3. The molecule has 2 heterocycles. The number of rotatable bonds is 10. The van der Waals surface area contributed by atoms with E-state index >= 15 is 0 Å². The summed E-state index contributed by atoms with van der Waals surface area (Å²) in [7, 11) is 1.68. The van der Waals surface area contributed by atoms with Crippen molar-refractivity contribution in [3.63, 3.8) is 0 Å². The fourth-order valence-electron chi connectivity index (χ4n) is 3.21. The first-order chi connectivity index (χ1) is 14.3. The van der Waals surface area contributed by atoms with E-state index in [1.807, 2.05) is 30.3 Å². The van der Waals surface area contributed by atoms with Crippen molar-refractivity contribution >= 4 is 29.9 Å². The van der Waals surface area contributed by atoms with Crippen molar-refractivity contribution in [2.75, 3.05) is 53.0 Å². The van der Waals surface area contributed by atoms with Gasteiger partial charge in [0, 0.05) is 32.6 Å². The molecule has 0 bridgehead atoms. The summed E-state index contributed by atoms with van der Waals surface area (Å²) in [6.07, 6.45) is 3.59. The maximum absolute atomic E-state index is 5.41. The van der Waals surface area contributed by atoms with Gasteiger partial charge in [0.05, 0.1) is 33.1 Å². The van der Waals surface area contributed by atoms with Crippen molar-refractivity contribution in [1.82, 2.24) is 15.5 Å². The highest BCUT2D eigenvalue weighted by Gasteiger charge is 2.09. The molecule has 3 rings (SSSR count). The van der Waals surface area contributed by atoms with Gasteiger partial charge in [-0.2, -0.15) is 0 Å². The molecule has 1 aliphatic rings. The Kier molecular flexibility index (Phi) is 11.6. The van der Waals surface area contributed by atoms with E-state index in [4.69, 9.17) is 18.9 Å². The highest BCUT2D eigenvalue weighted by Crippen LogP contribution is 2.13. The summed E-state index contributed by atoms with van der Waals surface area (Å²) in [5, 5.41) is 6.87. The summed E-state index contributed by atoms with van der Waals surface area (Å²) in [5.41, 5.74) is 1.12. The molecule has 0 saturated carbocycles. The van der Waals surface area contributed by atoms with Crippen molar-refractivity contribution in [3.8, 4) is 5.75 Å². The van der Waals surface area contributed by atoms with Crippen molar-refractivity contribution < 1.29 is 13.9 Å². The summed E-state index contributed by atoms with van der Waals surface area (Å²) in [6, 6.07) is 11.9. The van der Waals surface area contributed by atoms with Crippen LogP contribution in [0, 0.1) is 0 Å². The van der Waals surface area contributed by atoms with E-state index in [9.17, 15) is 0 Å². The minimum atomic E-state index is 0. The summed E-state index contributed by atoms with van der Waals surface area (Å²) < 4.78 is 16.1. The zero-order valence-corrected chi connectivity index (χ0v) is 20.0. The number of hydrogen-bond donors (Lipinski definition) is 2. The number of guanidine groups is 1. The molecule has 0 amide bonds. The fourth-order valence-corrected chi connectivity index (χ4v) is 3.21. The zero-order valence-electron chi connectivity index (χ0n) is 17.6. The largest absolute Gasteiger partial charge is 0.497 e. The van der Waals surface area contributed by atoms with Gasteiger partial charge in [0.25, 0.3) is 0 Å². The summed E-state index contributed by atoms with van der Waals surface area (Å²) in [4.78, 5) is 7.19. The van der Waals surface area contributed by atoms with Gasteiger partial charge < -0.3 is 24.5 Å². The lowest BCUT2D eigenvalue weighted by atomic mass is 10.2. The molecule has 1 saturated heterocycles. The van der Waals surface area contributed by atoms with Crippen LogP contribution in [0.5, 0.6) is 5.75 Å². The summed E-state index contributed by atoms with van der Waals surface area (Å²) in [6.45, 7) is 7.05. The lowest BCUT2D eigenvalue weighted by molar-refractivity contribution is 0.0376. The highest BCUT2D eigenvalue weighted by atomic mass is 127. The zero-order chi connectivity index (χ0) is 20.2. The molecule has 2 N–H and O–H groups in total. The van der Waals surface area contributed by atoms with Gasteiger partial charge in [0.1, 0.15) is 11.5 Å². The molecule has 1 aromatic carbocycles. The van der Waals surface area contributed by atoms with Gasteiger partial charge in [0.2, 0.25) is 0 Å². The van der Waals surface area contributed by atoms with Crippen LogP contribution >= 0.6 is 24.0 Å². The van der Waals surface area contributed by atoms with Gasteiger partial charge >= 0.3 is 0 Å². The number of furan rings is 1. The normalized spacial score (nSPS) is 14.8. The molecule has 8 heteroatoms. The van der Waals surface area contributed by atoms with Crippen molar-refractivity contribution in [1.29, 1.82) is 0 Å². The fraction of sp³-hybridized carbons (Fsp3) is 0.500. The predicted molar refractivity (Wildman–Crippen MR) is 130 cm³/mol. The van der Waals surface area contributed by atoms with Gasteiger partial charge in [-0.3, -0.25) is 4.90 Å². The average Bonchev–Trinajstić information content (AvgIpc) is 3.29. The van der Waals surface area contributed by atoms with Crippen LogP contribution in [0.2, 0.25) is 0 Å². The maximum atomic E-state index is 5.41. The lowest BCUT2D eigenvalue weighted by Gasteiger charge is -2.26. The molecule has 2 aromatic rings. The Balaban J connectivity index is 0.00000320. The maximum Gasteiger partial charge on any atom is 0.191 e. The third-order valence-electron chi connectivity index (χ3n) is 4.85. The number of hydrogen-bond acceptors (Lipinski definition) is 5. The number of ether oxygens (including phenoxy) is 2. The first kappa shape index (κ1) is 24.5. The summed E-state index contributed by atoms with van der Waals surface area (Å²) >= 11 is 0. The van der Waals surface area contributed by atoms with E-state index < -0.39 is 0 Å². The highest BCUT2D eigenvalue weighted by molar-refractivity contribution is 14.0. The molecule has 30 heavy (non-hydrogen) atoms. The second-order valence-corrected chi connectivity index (χ2v) is 7.01. The van der Waals surface area contributed by atoms with E-state index in [1.165, 1.54) is 0 Å². The lowest BCUT2D eigenvalue weighted by Crippen LogP contribution is -2.41. The van der Waals surface area contributed by atoms with E-state index in [2.05, 4.69) is 21.6 Å². The molecule has 0 radical (unpaired) electrons. The van der Waals surface area contributed by atoms with Crippen LogP contribution in [0.1, 0.15) is 17.7 Å². The number of methoxy groups -OCH3 is 1. The molecule has 0 aliphatic carbocycles. The van der Waals surface area contributed by atoms with Gasteiger partial charge in [-0.15, -0.1) is 24.0 Å². The smallest absolute Gasteiger partial charge is 0.191 e. The Morgan fingerprint density at radius 1 is 1.13 bits per heavy atom. The standard InChI is InChI=1S/C22H32N4O3.HI/c1-27-21-6-2-5-19(17-21)18-25-22(24-10-8-20-7-3-14-29-20)23-9-4-11-26-12-15-28-16-13-26;/h2-3,5-7,14,17H,4,8-13,15-16,18H2,1H3,(H2,23,24,25);1H. The van der Waals surface area contributed by atoms with Crippen molar-refractivity contribution in [3.05, 3.63) is 54.0 Å². The second-order valence-electron chi connectivity index (χ2n) is 7.01. The Morgan fingerprint density at radius 3 is 2.73 bits per heavy atom. The van der Waals surface area contributed by atoms with Crippen LogP contribution in [0.25, 0.3) is 0 Å². The molecule has 0 spiro atoms. The van der Waals surface area contributed by atoms with E-state index in [-0.39, 0.29) is 24.0 Å². The van der Waals surface area contributed by atoms with Crippen LogP contribution in [0.3, 0.4) is 0 Å². The predicted octanol–water partition coefficient (Wildman–Crippen LogP) is 2.91. The van der Waals surface area contributed by atoms with Gasteiger partial charge in [-0.05, 0) is 42.8 Å². The Bertz CT molecular complexity index is 734. The number of benzene rings is 1. The second kappa shape index (κ2) is 14.3. The molecule has 166 valence electrons. The van der Waals surface area contributed by atoms with Gasteiger partial charge in [-0.25, -0.2) is 4.99 Å². The third kappa shape index (κ3) is 8.93. The molecular formula is C22H33IN4O3. The minimum Gasteiger partial charge on any atom is -0.497 e. The SMILES string of the molecule is COc1cccc(CN=C(NCCCN2CCOCC2)NCCc2ccco2)c1.I. The summed E-state index contributed by atoms with van der Waals surface area (Å²) in [5.74, 6) is 2.64. The van der Waals surface area contributed by atoms with Crippen LogP contribution in [0.15, 0.2) is 52.1 Å². The number of aliphatic imine (C=N–C) groups is 1. The Hall–Kier alpha value is -1.78. The topological polar surface area (TPSA) is 71.3 Å². The number of morpholine rings is 1. The van der Waals surface area contributed by atoms with E-state index in [0.717, 1.165) is 81.8 Å². The van der Waals surface area contributed by atoms with E-state index in [0.29, 0.717) is 6.54 Å². The van der Waals surface area contributed by atoms with Crippen LogP contribution in [0.4, 0.5) is 0 Å². The minimum absolute atomic E-state index is 0. The molecule has 7 nitrogen and oxygen atoms in total. The number of halogens is 1. The van der Waals surface area contributed by atoms with E-state index in [1.54, 1.807) is 13.4 Å². The first-order valence-corrected chi connectivity index (χ1v) is 10.3. The molecule has 1 fully saturated rings. The van der Waals surface area contributed by atoms with Crippen molar-refractivity contribution in [2.24, 2.45) is 4.99 Å². The van der Waals surface area contributed by atoms with Crippen LogP contribution < -0.4 is 15.4 Å². The molecule has 0 atom stereocenters. The Morgan fingerprint density at radius 2 is 1.97 bits per heavy atom. The monoisotopic (exact) mass is 528 g/mol. The number of nitrogens with one attached hydrogen (secondary N) is 2. The molecule has 1 aliphatic heterocycles. The molecule has 0 unspecified atom stereocenters. The van der Waals surface area contributed by atoms with Crippen LogP contribution in [-0.2, 0) is 17.7 Å². The van der Waals surface area contributed by atoms with Gasteiger partial charge in [-0.1, -0.05) is 12.1 Å². The molecular weight excluding hydrogens is 495 g/mol. The molecule has 1 aromatic heterocycles. The Labute approximate surface area is 196 Å². The van der Waals surface area contributed by atoms with Gasteiger partial charge in [0.15, 0.2) is 5.96 Å². The third-order valence-corrected chi connectivity index (χ3v) is 4.85. The van der Waals surface area contributed by atoms with Crippen LogP contribution in [-0.4, -0.2) is 63.9 Å². The average molecular weight is 528 g/mol.